The zero-order valence-corrected chi connectivity index (χ0v) is 12.6. The molecule has 0 fully saturated rings. The van der Waals surface area contributed by atoms with Crippen LogP contribution >= 0.6 is 0 Å². The lowest BCUT2D eigenvalue weighted by molar-refractivity contribution is -0.120. The Kier molecular flexibility index (Phi) is 5.12. The van der Waals surface area contributed by atoms with Gasteiger partial charge in [0.05, 0.1) is 12.6 Å². The zero-order chi connectivity index (χ0) is 15.2. The van der Waals surface area contributed by atoms with Gasteiger partial charge in [0.25, 0.3) is 0 Å². The molecule has 0 aliphatic carbocycles. The summed E-state index contributed by atoms with van der Waals surface area (Å²) in [7, 11) is 0. The quantitative estimate of drug-likeness (QED) is 0.915. The molecule has 1 unspecified atom stereocenters. The fourth-order valence-electron chi connectivity index (χ4n) is 2.14. The van der Waals surface area contributed by atoms with Crippen LogP contribution in [0.25, 0.3) is 0 Å². The molecule has 0 bridgehead atoms. The number of amides is 1. The molecular weight excluding hydrogens is 260 g/mol. The summed E-state index contributed by atoms with van der Waals surface area (Å²) < 4.78 is 0. The number of hydrogen-bond donors (Lipinski definition) is 1. The Morgan fingerprint density at radius 3 is 2.05 bits per heavy atom. The molecule has 0 saturated carbocycles. The molecule has 0 heterocycles. The van der Waals surface area contributed by atoms with Crippen LogP contribution in [0.15, 0.2) is 60.7 Å². The Balaban J connectivity index is 2.29. The highest BCUT2D eigenvalue weighted by molar-refractivity contribution is 5.97. The Morgan fingerprint density at radius 2 is 1.52 bits per heavy atom. The van der Waals surface area contributed by atoms with E-state index in [4.69, 9.17) is 5.73 Å². The molecule has 1 amide bonds. The van der Waals surface area contributed by atoms with Gasteiger partial charge in [0.15, 0.2) is 0 Å². The van der Waals surface area contributed by atoms with Gasteiger partial charge in [-0.3, -0.25) is 4.79 Å². The highest BCUT2D eigenvalue weighted by atomic mass is 16.2. The Labute approximate surface area is 126 Å². The average Bonchev–Trinajstić information content (AvgIpc) is 2.53. The molecular formula is C18H22N2O. The summed E-state index contributed by atoms with van der Waals surface area (Å²) in [6.07, 6.45) is 0. The predicted octanol–water partition coefficient (Wildman–Crippen LogP) is 3.20. The smallest absolute Gasteiger partial charge is 0.244 e. The van der Waals surface area contributed by atoms with Crippen molar-refractivity contribution in [2.75, 3.05) is 4.90 Å². The van der Waals surface area contributed by atoms with E-state index < -0.39 is 6.04 Å². The number of nitrogens with zero attached hydrogens (tertiary/aromatic N) is 1. The molecule has 3 heteroatoms. The minimum absolute atomic E-state index is 0.0416. The molecule has 21 heavy (non-hydrogen) atoms. The second-order valence-corrected chi connectivity index (χ2v) is 5.52. The minimum Gasteiger partial charge on any atom is -0.320 e. The van der Waals surface area contributed by atoms with E-state index in [1.54, 1.807) is 4.90 Å². The van der Waals surface area contributed by atoms with E-state index in [1.165, 1.54) is 0 Å². The van der Waals surface area contributed by atoms with Crippen LogP contribution in [0.2, 0.25) is 0 Å². The third-order valence-corrected chi connectivity index (χ3v) is 3.52. The number of carbonyl (C=O) groups excluding carboxylic acids is 1. The van der Waals surface area contributed by atoms with Crippen molar-refractivity contribution in [1.82, 2.24) is 0 Å². The average molecular weight is 282 g/mol. The van der Waals surface area contributed by atoms with Gasteiger partial charge in [-0.25, -0.2) is 0 Å². The van der Waals surface area contributed by atoms with Crippen molar-refractivity contribution in [3.05, 3.63) is 66.2 Å². The Bertz CT molecular complexity index is 566. The van der Waals surface area contributed by atoms with Crippen LogP contribution in [0.1, 0.15) is 19.4 Å². The van der Waals surface area contributed by atoms with Crippen molar-refractivity contribution >= 4 is 11.6 Å². The van der Waals surface area contributed by atoms with Gasteiger partial charge in [0, 0.05) is 5.69 Å². The molecule has 0 spiro atoms. The second kappa shape index (κ2) is 7.04. The monoisotopic (exact) mass is 282 g/mol. The highest BCUT2D eigenvalue weighted by Crippen LogP contribution is 2.19. The van der Waals surface area contributed by atoms with E-state index in [9.17, 15) is 4.79 Å². The molecule has 0 aliphatic rings. The van der Waals surface area contributed by atoms with Gasteiger partial charge in [0.2, 0.25) is 5.91 Å². The summed E-state index contributed by atoms with van der Waals surface area (Å²) in [5, 5.41) is 0. The number of benzene rings is 2. The molecule has 2 aromatic rings. The molecule has 110 valence electrons. The van der Waals surface area contributed by atoms with Gasteiger partial charge in [-0.15, -0.1) is 0 Å². The van der Waals surface area contributed by atoms with E-state index in [-0.39, 0.29) is 11.8 Å². The Morgan fingerprint density at radius 1 is 1.00 bits per heavy atom. The molecule has 0 saturated heterocycles. The maximum Gasteiger partial charge on any atom is 0.244 e. The van der Waals surface area contributed by atoms with E-state index in [0.29, 0.717) is 6.54 Å². The van der Waals surface area contributed by atoms with Crippen LogP contribution in [0.3, 0.4) is 0 Å². The van der Waals surface area contributed by atoms with Crippen molar-refractivity contribution in [3.8, 4) is 0 Å². The maximum atomic E-state index is 12.7. The van der Waals surface area contributed by atoms with Gasteiger partial charge in [0.1, 0.15) is 0 Å². The van der Waals surface area contributed by atoms with Crippen LogP contribution in [-0.2, 0) is 11.3 Å². The molecule has 3 nitrogen and oxygen atoms in total. The fraction of sp³-hybridized carbons (Fsp3) is 0.278. The standard InChI is InChI=1S/C18H22N2O/c1-14(2)17(19)18(21)20(16-11-7-4-8-12-16)13-15-9-5-3-6-10-15/h3-12,14,17H,13,19H2,1-2H3. The molecule has 0 aliphatic heterocycles. The van der Waals surface area contributed by atoms with Crippen LogP contribution in [0.5, 0.6) is 0 Å². The number of carbonyl (C=O) groups is 1. The first-order valence-electron chi connectivity index (χ1n) is 7.25. The first kappa shape index (κ1) is 15.3. The third-order valence-electron chi connectivity index (χ3n) is 3.52. The van der Waals surface area contributed by atoms with Crippen molar-refractivity contribution in [3.63, 3.8) is 0 Å². The summed E-state index contributed by atoms with van der Waals surface area (Å²) in [5.74, 6) is 0.0690. The zero-order valence-electron chi connectivity index (χ0n) is 12.6. The maximum absolute atomic E-state index is 12.7. The molecule has 2 rings (SSSR count). The predicted molar refractivity (Wildman–Crippen MR) is 86.9 cm³/mol. The van der Waals surface area contributed by atoms with Crippen LogP contribution in [-0.4, -0.2) is 11.9 Å². The number of rotatable bonds is 5. The van der Waals surface area contributed by atoms with Gasteiger partial charge in [-0.2, -0.15) is 0 Å². The van der Waals surface area contributed by atoms with Gasteiger partial charge in [-0.1, -0.05) is 62.4 Å². The summed E-state index contributed by atoms with van der Waals surface area (Å²) >= 11 is 0. The van der Waals surface area contributed by atoms with Gasteiger partial charge in [-0.05, 0) is 23.6 Å². The number of anilines is 1. The number of hydrogen-bond acceptors (Lipinski definition) is 2. The Hall–Kier alpha value is -2.13. The summed E-state index contributed by atoms with van der Waals surface area (Å²) in [5.41, 5.74) is 8.03. The summed E-state index contributed by atoms with van der Waals surface area (Å²) in [6.45, 7) is 4.46. The largest absolute Gasteiger partial charge is 0.320 e. The third kappa shape index (κ3) is 3.92. The van der Waals surface area contributed by atoms with E-state index in [2.05, 4.69) is 0 Å². The first-order valence-corrected chi connectivity index (χ1v) is 7.25. The van der Waals surface area contributed by atoms with E-state index in [1.807, 2.05) is 74.5 Å². The van der Waals surface area contributed by atoms with Crippen LogP contribution in [0, 0.1) is 5.92 Å². The lowest BCUT2D eigenvalue weighted by Crippen LogP contribution is -2.46. The SMILES string of the molecule is CC(C)C(N)C(=O)N(Cc1ccccc1)c1ccccc1. The highest BCUT2D eigenvalue weighted by Gasteiger charge is 2.24. The fourth-order valence-corrected chi connectivity index (χ4v) is 2.14. The van der Waals surface area contributed by atoms with Crippen molar-refractivity contribution in [2.45, 2.75) is 26.4 Å². The number of para-hydroxylation sites is 1. The lowest BCUT2D eigenvalue weighted by atomic mass is 10.0. The molecule has 0 aromatic heterocycles. The molecule has 2 aromatic carbocycles. The molecule has 1 atom stereocenters. The topological polar surface area (TPSA) is 46.3 Å². The van der Waals surface area contributed by atoms with E-state index >= 15 is 0 Å². The van der Waals surface area contributed by atoms with E-state index in [0.717, 1.165) is 11.3 Å². The number of nitrogens with two attached hydrogens (primary N) is 1. The summed E-state index contributed by atoms with van der Waals surface area (Å²) in [4.78, 5) is 14.5. The second-order valence-electron chi connectivity index (χ2n) is 5.52. The van der Waals surface area contributed by atoms with Crippen LogP contribution < -0.4 is 10.6 Å². The van der Waals surface area contributed by atoms with Crippen molar-refractivity contribution in [2.24, 2.45) is 11.7 Å². The van der Waals surface area contributed by atoms with Crippen molar-refractivity contribution < 1.29 is 4.79 Å². The molecule has 0 radical (unpaired) electrons. The van der Waals surface area contributed by atoms with Crippen LogP contribution in [0.4, 0.5) is 5.69 Å². The minimum atomic E-state index is -0.492. The lowest BCUT2D eigenvalue weighted by Gasteiger charge is -2.27. The normalized spacial score (nSPS) is 12.2. The molecule has 2 N–H and O–H groups in total. The first-order chi connectivity index (χ1) is 10.1. The van der Waals surface area contributed by atoms with Gasteiger partial charge >= 0.3 is 0 Å². The van der Waals surface area contributed by atoms with Crippen molar-refractivity contribution in [1.29, 1.82) is 0 Å². The van der Waals surface area contributed by atoms with Gasteiger partial charge < -0.3 is 10.6 Å². The summed E-state index contributed by atoms with van der Waals surface area (Å²) in [6, 6.07) is 19.2.